The highest BCUT2D eigenvalue weighted by atomic mass is 19.1. The number of carboxylic acid groups (broad SMARTS) is 1. The number of para-hydroxylation sites is 1. The van der Waals surface area contributed by atoms with Crippen LogP contribution in [-0.2, 0) is 16.0 Å². The Hall–Kier alpha value is -5.44. The van der Waals surface area contributed by atoms with Crippen LogP contribution >= 0.6 is 0 Å². The molecule has 0 aliphatic carbocycles. The van der Waals surface area contributed by atoms with E-state index in [2.05, 4.69) is 15.2 Å². The molecule has 228 valence electrons. The molecule has 1 atom stereocenters. The molecule has 3 N–H and O–H groups in total. The van der Waals surface area contributed by atoms with E-state index in [1.165, 1.54) is 18.2 Å². The molecule has 0 unspecified atom stereocenters. The van der Waals surface area contributed by atoms with Gasteiger partial charge in [-0.2, -0.15) is 0 Å². The van der Waals surface area contributed by atoms with Crippen molar-refractivity contribution in [2.75, 3.05) is 31.1 Å². The first-order chi connectivity index (χ1) is 21.7. The van der Waals surface area contributed by atoms with Crippen LogP contribution in [0.4, 0.5) is 10.1 Å². The van der Waals surface area contributed by atoms with Crippen LogP contribution in [0.15, 0.2) is 97.1 Å². The van der Waals surface area contributed by atoms with Crippen molar-refractivity contribution < 1.29 is 23.9 Å². The Morgan fingerprint density at radius 3 is 2.33 bits per heavy atom. The number of hydrogen-bond acceptors (Lipinski definition) is 4. The molecule has 1 aliphatic rings. The van der Waals surface area contributed by atoms with E-state index in [0.29, 0.717) is 35.5 Å². The second kappa shape index (κ2) is 12.7. The van der Waals surface area contributed by atoms with Crippen LogP contribution in [0.3, 0.4) is 0 Å². The summed E-state index contributed by atoms with van der Waals surface area (Å²) in [7, 11) is 0. The summed E-state index contributed by atoms with van der Waals surface area (Å²) < 4.78 is 14.6. The summed E-state index contributed by atoms with van der Waals surface area (Å²) in [5.74, 6) is -1.87. The van der Waals surface area contributed by atoms with Gasteiger partial charge in [-0.25, -0.2) is 4.39 Å². The molecule has 5 aromatic rings. The molecule has 2 heterocycles. The van der Waals surface area contributed by atoms with Gasteiger partial charge in [-0.3, -0.25) is 14.4 Å². The highest BCUT2D eigenvalue weighted by molar-refractivity contribution is 5.96. The Morgan fingerprint density at radius 1 is 0.867 bits per heavy atom. The summed E-state index contributed by atoms with van der Waals surface area (Å²) in [6.45, 7) is 4.53. The minimum absolute atomic E-state index is 0.0956. The standard InChI is InChI=1S/C36H33FN4O4/c1-23(42)40-15-17-41(18-16-40)30-13-10-24(11-14-30)25-6-4-7-28(19-25)36(45)39-35(33-20-27-5-2-3-8-32(27)38-33)31-22-29(37)12-9-26(31)21-34(43)44/h2-14,19-20,22,35,38H,15-18,21H2,1H3,(H,39,45)(H,43,44)/t35-/m1/s1. The van der Waals surface area contributed by atoms with Gasteiger partial charge >= 0.3 is 5.97 Å². The zero-order chi connectivity index (χ0) is 31.5. The van der Waals surface area contributed by atoms with Crippen molar-refractivity contribution in [2.24, 2.45) is 0 Å². The summed E-state index contributed by atoms with van der Waals surface area (Å²) in [6.07, 6.45) is -0.319. The average molecular weight is 605 g/mol. The summed E-state index contributed by atoms with van der Waals surface area (Å²) in [6, 6.07) is 28.0. The van der Waals surface area contributed by atoms with Gasteiger partial charge < -0.3 is 25.2 Å². The van der Waals surface area contributed by atoms with Gasteiger partial charge in [0.05, 0.1) is 12.5 Å². The number of aromatic nitrogens is 1. The number of fused-ring (bicyclic) bond motifs is 1. The van der Waals surface area contributed by atoms with Crippen molar-refractivity contribution in [2.45, 2.75) is 19.4 Å². The molecule has 0 radical (unpaired) electrons. The molecule has 45 heavy (non-hydrogen) atoms. The van der Waals surface area contributed by atoms with E-state index in [0.717, 1.165) is 40.8 Å². The molecule has 8 nitrogen and oxygen atoms in total. The number of piperazine rings is 1. The molecule has 1 aliphatic heterocycles. The van der Waals surface area contributed by atoms with E-state index < -0.39 is 17.8 Å². The van der Waals surface area contributed by atoms with E-state index in [9.17, 15) is 23.9 Å². The van der Waals surface area contributed by atoms with Crippen molar-refractivity contribution in [3.8, 4) is 11.1 Å². The SMILES string of the molecule is CC(=O)N1CCN(c2ccc(-c3cccc(C(=O)N[C@@H](c4cc5ccccc5[nH]4)c4cc(F)ccc4CC(=O)O)c3)cc2)CC1. The number of carbonyl (C=O) groups is 3. The molecule has 1 fully saturated rings. The predicted molar refractivity (Wildman–Crippen MR) is 172 cm³/mol. The normalized spacial score (nSPS) is 13.9. The van der Waals surface area contributed by atoms with Crippen LogP contribution in [0.2, 0.25) is 0 Å². The second-order valence-electron chi connectivity index (χ2n) is 11.3. The van der Waals surface area contributed by atoms with Crippen molar-refractivity contribution in [3.05, 3.63) is 125 Å². The Kier molecular flexibility index (Phi) is 8.33. The maximum Gasteiger partial charge on any atom is 0.307 e. The molecule has 1 aromatic heterocycles. The van der Waals surface area contributed by atoms with Gasteiger partial charge in [0.15, 0.2) is 0 Å². The largest absolute Gasteiger partial charge is 0.481 e. The Morgan fingerprint density at radius 2 is 1.62 bits per heavy atom. The summed E-state index contributed by atoms with van der Waals surface area (Å²) in [4.78, 5) is 44.5. The number of halogens is 1. The molecule has 9 heteroatoms. The number of rotatable bonds is 8. The molecule has 2 amide bonds. The Bertz CT molecular complexity index is 1840. The molecule has 0 bridgehead atoms. The molecule has 0 spiro atoms. The van der Waals surface area contributed by atoms with Gasteiger partial charge in [0, 0.05) is 55.6 Å². The number of aliphatic carboxylic acids is 1. The van der Waals surface area contributed by atoms with E-state index >= 15 is 0 Å². The van der Waals surface area contributed by atoms with Crippen LogP contribution in [0.5, 0.6) is 0 Å². The van der Waals surface area contributed by atoms with Crippen LogP contribution in [0, 0.1) is 5.82 Å². The van der Waals surface area contributed by atoms with Gasteiger partial charge in [0.25, 0.3) is 5.91 Å². The van der Waals surface area contributed by atoms with Gasteiger partial charge in [-0.15, -0.1) is 0 Å². The number of carbonyl (C=O) groups excluding carboxylic acids is 2. The van der Waals surface area contributed by atoms with Crippen molar-refractivity contribution in [1.29, 1.82) is 0 Å². The lowest BCUT2D eigenvalue weighted by Gasteiger charge is -2.35. The lowest BCUT2D eigenvalue weighted by atomic mass is 9.95. The highest BCUT2D eigenvalue weighted by Crippen LogP contribution is 2.30. The van der Waals surface area contributed by atoms with Crippen LogP contribution < -0.4 is 10.2 Å². The maximum absolute atomic E-state index is 14.6. The lowest BCUT2D eigenvalue weighted by molar-refractivity contribution is -0.136. The highest BCUT2D eigenvalue weighted by Gasteiger charge is 2.24. The monoisotopic (exact) mass is 604 g/mol. The fraction of sp³-hybridized carbons (Fsp3) is 0.194. The fourth-order valence-electron chi connectivity index (χ4n) is 5.93. The van der Waals surface area contributed by atoms with Gasteiger partial charge in [-0.1, -0.05) is 48.5 Å². The Balaban J connectivity index is 1.27. The van der Waals surface area contributed by atoms with E-state index in [-0.39, 0.29) is 18.2 Å². The number of hydrogen-bond donors (Lipinski definition) is 3. The van der Waals surface area contributed by atoms with Crippen LogP contribution in [-0.4, -0.2) is 59.0 Å². The first kappa shape index (κ1) is 29.6. The number of nitrogens with zero attached hydrogens (tertiary/aromatic N) is 2. The number of aromatic amines is 1. The number of H-pyrrole nitrogens is 1. The molecule has 0 saturated carbocycles. The number of carboxylic acids is 1. The molecular formula is C36H33FN4O4. The zero-order valence-electron chi connectivity index (χ0n) is 24.8. The van der Waals surface area contributed by atoms with Gasteiger partial charge in [-0.05, 0) is 76.2 Å². The quantitative estimate of drug-likeness (QED) is 0.208. The first-order valence-electron chi connectivity index (χ1n) is 14.8. The van der Waals surface area contributed by atoms with Gasteiger partial charge in [0.1, 0.15) is 5.82 Å². The summed E-state index contributed by atoms with van der Waals surface area (Å²) in [5.41, 5.74) is 5.51. The van der Waals surface area contributed by atoms with Crippen molar-refractivity contribution in [1.82, 2.24) is 15.2 Å². The molecule has 4 aromatic carbocycles. The third kappa shape index (κ3) is 6.57. The molecular weight excluding hydrogens is 571 g/mol. The van der Waals surface area contributed by atoms with E-state index in [1.807, 2.05) is 77.7 Å². The molecule has 6 rings (SSSR count). The number of benzene rings is 4. The van der Waals surface area contributed by atoms with Crippen LogP contribution in [0.1, 0.15) is 40.1 Å². The second-order valence-corrected chi connectivity index (χ2v) is 11.3. The van der Waals surface area contributed by atoms with E-state index in [1.54, 1.807) is 13.0 Å². The maximum atomic E-state index is 14.6. The average Bonchev–Trinajstić information content (AvgIpc) is 3.48. The first-order valence-corrected chi connectivity index (χ1v) is 14.8. The number of amides is 2. The smallest absolute Gasteiger partial charge is 0.307 e. The molecule has 1 saturated heterocycles. The summed E-state index contributed by atoms with van der Waals surface area (Å²) >= 11 is 0. The van der Waals surface area contributed by atoms with Crippen molar-refractivity contribution in [3.63, 3.8) is 0 Å². The third-order valence-corrected chi connectivity index (χ3v) is 8.31. The minimum atomic E-state index is -1.05. The fourth-order valence-corrected chi connectivity index (χ4v) is 5.93. The topological polar surface area (TPSA) is 106 Å². The Labute approximate surface area is 260 Å². The predicted octanol–water partition coefficient (Wildman–Crippen LogP) is 5.79. The zero-order valence-corrected chi connectivity index (χ0v) is 24.8. The third-order valence-electron chi connectivity index (χ3n) is 8.31. The van der Waals surface area contributed by atoms with E-state index in [4.69, 9.17) is 0 Å². The van der Waals surface area contributed by atoms with Crippen molar-refractivity contribution >= 4 is 34.4 Å². The lowest BCUT2D eigenvalue weighted by Crippen LogP contribution is -2.48. The summed E-state index contributed by atoms with van der Waals surface area (Å²) in [5, 5.41) is 13.5. The number of nitrogens with one attached hydrogen (secondary N) is 2. The van der Waals surface area contributed by atoms with Gasteiger partial charge in [0.2, 0.25) is 5.91 Å². The minimum Gasteiger partial charge on any atom is -0.481 e. The number of anilines is 1. The van der Waals surface area contributed by atoms with Crippen LogP contribution in [0.25, 0.3) is 22.0 Å².